The fourth-order valence-corrected chi connectivity index (χ4v) is 4.63. The molecule has 0 aromatic heterocycles. The van der Waals surface area contributed by atoms with E-state index in [1.807, 2.05) is 47.4 Å². The van der Waals surface area contributed by atoms with Gasteiger partial charge in [0.1, 0.15) is 5.82 Å². The monoisotopic (exact) mass is 438 g/mol. The van der Waals surface area contributed by atoms with Crippen molar-refractivity contribution < 1.29 is 9.18 Å². The van der Waals surface area contributed by atoms with Gasteiger partial charge in [-0.05, 0) is 51.2 Å². The zero-order valence-corrected chi connectivity index (χ0v) is 18.6. The SMILES string of the molecule is O=C(Cc1ccccc1-c1ccccc1)N1CCN(Cc2ccc3cc(F)ccc3c2)CC1. The molecule has 1 fully saturated rings. The highest BCUT2D eigenvalue weighted by molar-refractivity contribution is 5.83. The Kier molecular flexibility index (Phi) is 6.18. The van der Waals surface area contributed by atoms with E-state index in [2.05, 4.69) is 41.3 Å². The molecule has 4 heteroatoms. The van der Waals surface area contributed by atoms with Crippen molar-refractivity contribution >= 4 is 16.7 Å². The lowest BCUT2D eigenvalue weighted by molar-refractivity contribution is -0.132. The minimum Gasteiger partial charge on any atom is -0.340 e. The molecule has 0 N–H and O–H groups in total. The number of halogens is 1. The van der Waals surface area contributed by atoms with Gasteiger partial charge >= 0.3 is 0 Å². The Bertz CT molecular complexity index is 1260. The number of carbonyl (C=O) groups excluding carboxylic acids is 1. The van der Waals surface area contributed by atoms with Crippen molar-refractivity contribution in [3.8, 4) is 11.1 Å². The molecule has 0 atom stereocenters. The molecule has 1 saturated heterocycles. The highest BCUT2D eigenvalue weighted by Crippen LogP contribution is 2.24. The topological polar surface area (TPSA) is 23.6 Å². The van der Waals surface area contributed by atoms with E-state index in [-0.39, 0.29) is 11.7 Å². The summed E-state index contributed by atoms with van der Waals surface area (Å²) in [6.07, 6.45) is 0.423. The summed E-state index contributed by atoms with van der Waals surface area (Å²) >= 11 is 0. The summed E-state index contributed by atoms with van der Waals surface area (Å²) in [4.78, 5) is 17.4. The molecule has 0 radical (unpaired) electrons. The van der Waals surface area contributed by atoms with Gasteiger partial charge in [-0.25, -0.2) is 4.39 Å². The van der Waals surface area contributed by atoms with E-state index in [9.17, 15) is 9.18 Å². The van der Waals surface area contributed by atoms with Gasteiger partial charge in [-0.3, -0.25) is 9.69 Å². The van der Waals surface area contributed by atoms with Crippen molar-refractivity contribution in [3.05, 3.63) is 108 Å². The van der Waals surface area contributed by atoms with Crippen LogP contribution in [-0.4, -0.2) is 41.9 Å². The van der Waals surface area contributed by atoms with Crippen LogP contribution in [0.1, 0.15) is 11.1 Å². The molecule has 4 aromatic rings. The predicted molar refractivity (Wildman–Crippen MR) is 131 cm³/mol. The van der Waals surface area contributed by atoms with E-state index in [0.717, 1.165) is 60.2 Å². The first-order valence-electron chi connectivity index (χ1n) is 11.5. The normalized spacial score (nSPS) is 14.5. The van der Waals surface area contributed by atoms with Gasteiger partial charge in [0.05, 0.1) is 6.42 Å². The first kappa shape index (κ1) is 21.4. The van der Waals surface area contributed by atoms with Crippen molar-refractivity contribution in [2.24, 2.45) is 0 Å². The summed E-state index contributed by atoms with van der Waals surface area (Å²) in [7, 11) is 0. The summed E-state index contributed by atoms with van der Waals surface area (Å²) in [5, 5.41) is 1.98. The predicted octanol–water partition coefficient (Wildman–Crippen LogP) is 5.53. The number of rotatable bonds is 5. The number of hydrogen-bond donors (Lipinski definition) is 0. The Morgan fingerprint density at radius 1 is 0.758 bits per heavy atom. The molecule has 0 bridgehead atoms. The molecule has 3 nitrogen and oxygen atoms in total. The van der Waals surface area contributed by atoms with Crippen LogP contribution in [0.5, 0.6) is 0 Å². The van der Waals surface area contributed by atoms with Crippen LogP contribution in [-0.2, 0) is 17.8 Å². The first-order valence-corrected chi connectivity index (χ1v) is 11.5. The van der Waals surface area contributed by atoms with Crippen LogP contribution in [0.2, 0.25) is 0 Å². The smallest absolute Gasteiger partial charge is 0.227 e. The number of hydrogen-bond acceptors (Lipinski definition) is 2. The van der Waals surface area contributed by atoms with E-state index in [0.29, 0.717) is 6.42 Å². The quantitative estimate of drug-likeness (QED) is 0.409. The van der Waals surface area contributed by atoms with E-state index in [1.165, 1.54) is 11.6 Å². The van der Waals surface area contributed by atoms with Crippen LogP contribution in [0.4, 0.5) is 4.39 Å². The second-order valence-corrected chi connectivity index (χ2v) is 8.68. The third kappa shape index (κ3) is 4.96. The zero-order chi connectivity index (χ0) is 22.6. The van der Waals surface area contributed by atoms with Crippen LogP contribution in [0.25, 0.3) is 21.9 Å². The number of amides is 1. The van der Waals surface area contributed by atoms with Crippen LogP contribution in [0, 0.1) is 5.82 Å². The van der Waals surface area contributed by atoms with Crippen LogP contribution >= 0.6 is 0 Å². The Hall–Kier alpha value is -3.50. The van der Waals surface area contributed by atoms with Crippen LogP contribution in [0.3, 0.4) is 0 Å². The molecule has 0 saturated carbocycles. The van der Waals surface area contributed by atoms with Crippen molar-refractivity contribution in [1.29, 1.82) is 0 Å². The maximum absolute atomic E-state index is 13.4. The Morgan fingerprint density at radius 2 is 1.45 bits per heavy atom. The minimum atomic E-state index is -0.206. The molecule has 1 heterocycles. The molecular formula is C29H27FN2O. The number of fused-ring (bicyclic) bond motifs is 1. The number of piperazine rings is 1. The largest absolute Gasteiger partial charge is 0.340 e. The fourth-order valence-electron chi connectivity index (χ4n) is 4.63. The Morgan fingerprint density at radius 3 is 2.27 bits per heavy atom. The summed E-state index contributed by atoms with van der Waals surface area (Å²) in [5.41, 5.74) is 4.56. The third-order valence-corrected chi connectivity index (χ3v) is 6.44. The van der Waals surface area contributed by atoms with Gasteiger partial charge in [-0.15, -0.1) is 0 Å². The molecule has 1 aliphatic rings. The van der Waals surface area contributed by atoms with Crippen LogP contribution in [0.15, 0.2) is 91.0 Å². The fraction of sp³-hybridized carbons (Fsp3) is 0.207. The highest BCUT2D eigenvalue weighted by Gasteiger charge is 2.22. The van der Waals surface area contributed by atoms with E-state index in [1.54, 1.807) is 6.07 Å². The van der Waals surface area contributed by atoms with Crippen molar-refractivity contribution in [2.45, 2.75) is 13.0 Å². The number of carbonyl (C=O) groups is 1. The Balaban J connectivity index is 1.20. The van der Waals surface area contributed by atoms with Gasteiger partial charge in [-0.2, -0.15) is 0 Å². The number of benzene rings is 4. The van der Waals surface area contributed by atoms with Gasteiger partial charge in [0, 0.05) is 32.7 Å². The molecule has 5 rings (SSSR count). The average molecular weight is 439 g/mol. The third-order valence-electron chi connectivity index (χ3n) is 6.44. The molecule has 0 spiro atoms. The van der Waals surface area contributed by atoms with Gasteiger partial charge in [-0.1, -0.05) is 72.8 Å². The van der Waals surface area contributed by atoms with E-state index in [4.69, 9.17) is 0 Å². The highest BCUT2D eigenvalue weighted by atomic mass is 19.1. The van der Waals surface area contributed by atoms with Gasteiger partial charge in [0.2, 0.25) is 5.91 Å². The lowest BCUT2D eigenvalue weighted by atomic mass is 9.97. The maximum Gasteiger partial charge on any atom is 0.227 e. The van der Waals surface area contributed by atoms with Crippen molar-refractivity contribution in [3.63, 3.8) is 0 Å². The van der Waals surface area contributed by atoms with Crippen molar-refractivity contribution in [1.82, 2.24) is 9.80 Å². The Labute approximate surface area is 194 Å². The van der Waals surface area contributed by atoms with Gasteiger partial charge < -0.3 is 4.90 Å². The average Bonchev–Trinajstić information content (AvgIpc) is 2.85. The van der Waals surface area contributed by atoms with Gasteiger partial charge in [0.15, 0.2) is 0 Å². The molecule has 1 aliphatic heterocycles. The zero-order valence-electron chi connectivity index (χ0n) is 18.6. The summed E-state index contributed by atoms with van der Waals surface area (Å²) in [6.45, 7) is 4.03. The summed E-state index contributed by atoms with van der Waals surface area (Å²) in [6, 6.07) is 29.5. The summed E-state index contributed by atoms with van der Waals surface area (Å²) in [5.74, 6) is -0.0202. The van der Waals surface area contributed by atoms with Gasteiger partial charge in [0.25, 0.3) is 0 Å². The second kappa shape index (κ2) is 9.55. The maximum atomic E-state index is 13.4. The number of nitrogens with zero attached hydrogens (tertiary/aromatic N) is 2. The van der Waals surface area contributed by atoms with E-state index >= 15 is 0 Å². The molecule has 4 aromatic carbocycles. The van der Waals surface area contributed by atoms with E-state index < -0.39 is 0 Å². The molecule has 0 aliphatic carbocycles. The molecule has 1 amide bonds. The molecule has 0 unspecified atom stereocenters. The second-order valence-electron chi connectivity index (χ2n) is 8.68. The first-order chi connectivity index (χ1) is 16.2. The molecule has 166 valence electrons. The van der Waals surface area contributed by atoms with Crippen molar-refractivity contribution in [2.75, 3.05) is 26.2 Å². The molecule has 33 heavy (non-hydrogen) atoms. The summed E-state index contributed by atoms with van der Waals surface area (Å²) < 4.78 is 13.4. The lowest BCUT2D eigenvalue weighted by Gasteiger charge is -2.35. The minimum absolute atomic E-state index is 0.186. The standard InChI is InChI=1S/C29H27FN2O/c30-27-13-12-24-18-22(10-11-25(24)19-27)21-31-14-16-32(17-15-31)29(33)20-26-8-4-5-9-28(26)23-6-2-1-3-7-23/h1-13,18-19H,14-17,20-21H2. The molecular weight excluding hydrogens is 411 g/mol. The van der Waals surface area contributed by atoms with Crippen LogP contribution < -0.4 is 0 Å². The lowest BCUT2D eigenvalue weighted by Crippen LogP contribution is -2.48.